The molecule has 1 amide bonds. The van der Waals surface area contributed by atoms with Gasteiger partial charge in [0.25, 0.3) is 0 Å². The zero-order valence-corrected chi connectivity index (χ0v) is 11.0. The van der Waals surface area contributed by atoms with Gasteiger partial charge in [-0.1, -0.05) is 23.6 Å². The summed E-state index contributed by atoms with van der Waals surface area (Å²) in [4.78, 5) is 29.0. The maximum Gasteiger partial charge on any atom is 0.336 e. The van der Waals surface area contributed by atoms with Crippen molar-refractivity contribution in [1.82, 2.24) is 20.5 Å². The molecule has 1 aromatic heterocycles. The fourth-order valence-electron chi connectivity index (χ4n) is 1.49. The first-order valence-electron chi connectivity index (χ1n) is 6.03. The van der Waals surface area contributed by atoms with E-state index in [0.29, 0.717) is 16.6 Å². The zero-order chi connectivity index (χ0) is 14.5. The molecule has 0 aliphatic carbocycles. The zero-order valence-electron chi connectivity index (χ0n) is 11.0. The monoisotopic (exact) mass is 274 g/mol. The second-order valence-electron chi connectivity index (χ2n) is 4.20. The Labute approximate surface area is 115 Å². The minimum absolute atomic E-state index is 0.0349. The number of carbonyl (C=O) groups is 2. The molecular formula is C13H14N4O3. The van der Waals surface area contributed by atoms with Crippen LogP contribution in [0.15, 0.2) is 36.4 Å². The van der Waals surface area contributed by atoms with Crippen molar-refractivity contribution in [3.8, 4) is 0 Å². The fourth-order valence-corrected chi connectivity index (χ4v) is 1.49. The number of aromatic nitrogens is 3. The fraction of sp³-hybridized carbons (Fsp3) is 0.231. The van der Waals surface area contributed by atoms with Crippen LogP contribution < -0.4 is 10.2 Å². The number of rotatable bonds is 5. The van der Waals surface area contributed by atoms with Gasteiger partial charge in [-0.3, -0.25) is 4.79 Å². The molecule has 7 nitrogen and oxygen atoms in total. The summed E-state index contributed by atoms with van der Waals surface area (Å²) in [6.07, 6.45) is 0.0349. The topological polar surface area (TPSA) is 86.1 Å². The van der Waals surface area contributed by atoms with Gasteiger partial charge < -0.3 is 10.2 Å². The third-order valence-electron chi connectivity index (χ3n) is 2.51. The molecule has 104 valence electrons. The third kappa shape index (κ3) is 3.19. The number of carbonyl (C=O) groups excluding carboxylic acids is 2. The van der Waals surface area contributed by atoms with Crippen molar-refractivity contribution >= 4 is 22.9 Å². The van der Waals surface area contributed by atoms with Gasteiger partial charge in [0.15, 0.2) is 0 Å². The van der Waals surface area contributed by atoms with Gasteiger partial charge in [-0.2, -0.15) is 0 Å². The summed E-state index contributed by atoms with van der Waals surface area (Å²) in [5, 5.41) is 10.1. The number of para-hydroxylation sites is 1. The molecule has 2 rings (SSSR count). The summed E-state index contributed by atoms with van der Waals surface area (Å²) >= 11 is 0. The number of amides is 1. The molecule has 0 atom stereocenters. The maximum absolute atomic E-state index is 11.6. The first kappa shape index (κ1) is 13.7. The molecule has 0 unspecified atom stereocenters. The minimum Gasteiger partial charge on any atom is -0.352 e. The number of hydrogen-bond acceptors (Lipinski definition) is 5. The molecule has 7 heteroatoms. The van der Waals surface area contributed by atoms with Crippen LogP contribution in [0.1, 0.15) is 13.3 Å². The average Bonchev–Trinajstić information content (AvgIpc) is 2.82. The molecule has 2 aromatic rings. The number of nitrogens with one attached hydrogen (secondary N) is 1. The summed E-state index contributed by atoms with van der Waals surface area (Å²) in [5.74, 6) is -0.799. The number of fused-ring (bicyclic) bond motifs is 1. The predicted octanol–water partition coefficient (Wildman–Crippen LogP) is 0.469. The van der Waals surface area contributed by atoms with Gasteiger partial charge in [0.2, 0.25) is 5.91 Å². The van der Waals surface area contributed by atoms with Gasteiger partial charge in [-0.25, -0.2) is 4.79 Å². The molecule has 0 fully saturated rings. The van der Waals surface area contributed by atoms with E-state index < -0.39 is 5.97 Å². The van der Waals surface area contributed by atoms with Crippen LogP contribution in [-0.4, -0.2) is 33.6 Å². The molecule has 1 N–H and O–H groups in total. The summed E-state index contributed by atoms with van der Waals surface area (Å²) in [6.45, 7) is 5.27. The van der Waals surface area contributed by atoms with Gasteiger partial charge in [0.05, 0.1) is 6.42 Å². The first-order chi connectivity index (χ1) is 9.58. The SMILES string of the molecule is C=C(C)C(=O)NCCC(=O)On1nnc2ccccc21. The number of benzene rings is 1. The highest BCUT2D eigenvalue weighted by atomic mass is 16.7. The standard InChI is InChI=1S/C13H14N4O3/c1-9(2)13(19)14-8-7-12(18)20-17-11-6-4-3-5-10(11)15-16-17/h3-6H,1,7-8H2,2H3,(H,14,19). The lowest BCUT2D eigenvalue weighted by atomic mass is 10.3. The Morgan fingerprint density at radius 3 is 2.90 bits per heavy atom. The quantitative estimate of drug-likeness (QED) is 0.632. The lowest BCUT2D eigenvalue weighted by Gasteiger charge is -2.05. The van der Waals surface area contributed by atoms with Crippen molar-refractivity contribution in [3.63, 3.8) is 0 Å². The number of nitrogens with zero attached hydrogens (tertiary/aromatic N) is 3. The lowest BCUT2D eigenvalue weighted by molar-refractivity contribution is -0.145. The van der Waals surface area contributed by atoms with E-state index in [1.807, 2.05) is 6.07 Å². The van der Waals surface area contributed by atoms with Crippen molar-refractivity contribution in [2.45, 2.75) is 13.3 Å². The van der Waals surface area contributed by atoms with Gasteiger partial charge >= 0.3 is 5.97 Å². The smallest absolute Gasteiger partial charge is 0.336 e. The molecule has 1 heterocycles. The Bertz CT molecular complexity index is 662. The van der Waals surface area contributed by atoms with E-state index in [-0.39, 0.29) is 18.9 Å². The molecule has 20 heavy (non-hydrogen) atoms. The van der Waals surface area contributed by atoms with Crippen molar-refractivity contribution in [1.29, 1.82) is 0 Å². The number of hydrogen-bond donors (Lipinski definition) is 1. The Morgan fingerprint density at radius 1 is 1.40 bits per heavy atom. The Balaban J connectivity index is 1.89. The van der Waals surface area contributed by atoms with E-state index in [2.05, 4.69) is 22.2 Å². The van der Waals surface area contributed by atoms with Crippen LogP contribution in [0.5, 0.6) is 0 Å². The minimum atomic E-state index is -0.511. The Morgan fingerprint density at radius 2 is 2.15 bits per heavy atom. The maximum atomic E-state index is 11.6. The molecule has 0 aliphatic heterocycles. The van der Waals surface area contributed by atoms with E-state index in [1.54, 1.807) is 25.1 Å². The average molecular weight is 274 g/mol. The second-order valence-corrected chi connectivity index (χ2v) is 4.20. The van der Waals surface area contributed by atoms with Crippen LogP contribution in [0.2, 0.25) is 0 Å². The normalized spacial score (nSPS) is 10.2. The summed E-state index contributed by atoms with van der Waals surface area (Å²) < 4.78 is 0. The Kier molecular flexibility index (Phi) is 4.09. The van der Waals surface area contributed by atoms with Gasteiger partial charge in [0, 0.05) is 12.1 Å². The van der Waals surface area contributed by atoms with Gasteiger partial charge in [-0.05, 0) is 24.3 Å². The lowest BCUT2D eigenvalue weighted by Crippen LogP contribution is -2.29. The van der Waals surface area contributed by atoms with E-state index >= 15 is 0 Å². The summed E-state index contributed by atoms with van der Waals surface area (Å²) in [5.41, 5.74) is 1.63. The van der Waals surface area contributed by atoms with Crippen LogP contribution in [0.25, 0.3) is 11.0 Å². The van der Waals surface area contributed by atoms with Crippen molar-refractivity contribution in [2.24, 2.45) is 0 Å². The van der Waals surface area contributed by atoms with E-state index in [9.17, 15) is 9.59 Å². The molecule has 0 aliphatic rings. The summed E-state index contributed by atoms with van der Waals surface area (Å²) in [6, 6.07) is 7.12. The predicted molar refractivity (Wildman–Crippen MR) is 71.6 cm³/mol. The molecular weight excluding hydrogens is 260 g/mol. The van der Waals surface area contributed by atoms with Crippen molar-refractivity contribution in [3.05, 3.63) is 36.4 Å². The van der Waals surface area contributed by atoms with Crippen LogP contribution >= 0.6 is 0 Å². The van der Waals surface area contributed by atoms with Crippen LogP contribution in [-0.2, 0) is 9.59 Å². The van der Waals surface area contributed by atoms with E-state index in [4.69, 9.17) is 4.84 Å². The van der Waals surface area contributed by atoms with E-state index in [1.165, 1.54) is 0 Å². The van der Waals surface area contributed by atoms with Crippen molar-refractivity contribution < 1.29 is 14.4 Å². The molecule has 0 saturated carbocycles. The Hall–Kier alpha value is -2.70. The molecule has 0 bridgehead atoms. The molecule has 0 radical (unpaired) electrons. The van der Waals surface area contributed by atoms with Crippen LogP contribution in [0.4, 0.5) is 0 Å². The second kappa shape index (κ2) is 5.96. The molecule has 0 saturated heterocycles. The first-order valence-corrected chi connectivity index (χ1v) is 6.03. The highest BCUT2D eigenvalue weighted by molar-refractivity contribution is 5.92. The van der Waals surface area contributed by atoms with Crippen molar-refractivity contribution in [2.75, 3.05) is 6.54 Å². The molecule has 1 aromatic carbocycles. The largest absolute Gasteiger partial charge is 0.352 e. The third-order valence-corrected chi connectivity index (χ3v) is 2.51. The molecule has 0 spiro atoms. The van der Waals surface area contributed by atoms with E-state index in [0.717, 1.165) is 4.85 Å². The van der Waals surface area contributed by atoms with Gasteiger partial charge in [-0.15, -0.1) is 5.10 Å². The highest BCUT2D eigenvalue weighted by Crippen LogP contribution is 2.08. The highest BCUT2D eigenvalue weighted by Gasteiger charge is 2.10. The van der Waals surface area contributed by atoms with Crippen LogP contribution in [0.3, 0.4) is 0 Å². The van der Waals surface area contributed by atoms with Crippen LogP contribution in [0, 0.1) is 0 Å². The van der Waals surface area contributed by atoms with Gasteiger partial charge in [0.1, 0.15) is 11.0 Å². The summed E-state index contributed by atoms with van der Waals surface area (Å²) in [7, 11) is 0.